The number of halogens is 1. The monoisotopic (exact) mass is 358 g/mol. The van der Waals surface area contributed by atoms with Crippen molar-refractivity contribution in [2.45, 2.75) is 4.90 Å². The molecule has 7 nitrogen and oxygen atoms in total. The van der Waals surface area contributed by atoms with Crippen LogP contribution in [0, 0.1) is 10.1 Å². The van der Waals surface area contributed by atoms with Crippen LogP contribution in [0.5, 0.6) is 0 Å². The topological polar surface area (TPSA) is 99.3 Å². The lowest BCUT2D eigenvalue weighted by Gasteiger charge is -2.06. The number of benzene rings is 1. The molecule has 20 heavy (non-hydrogen) atoms. The fourth-order valence-corrected chi connectivity index (χ4v) is 3.78. The van der Waals surface area contributed by atoms with E-state index in [1.807, 2.05) is 0 Å². The van der Waals surface area contributed by atoms with Gasteiger partial charge in [-0.1, -0.05) is 6.07 Å². The van der Waals surface area contributed by atoms with E-state index in [4.69, 9.17) is 0 Å². The summed E-state index contributed by atoms with van der Waals surface area (Å²) in [5, 5.41) is 10.7. The van der Waals surface area contributed by atoms with Crippen LogP contribution in [0.15, 0.2) is 46.0 Å². The van der Waals surface area contributed by atoms with Crippen LogP contribution in [0.4, 0.5) is 5.69 Å². The van der Waals surface area contributed by atoms with Gasteiger partial charge in [-0.05, 0) is 28.1 Å². The molecular formula is C11H7BrN2O5S. The highest BCUT2D eigenvalue weighted by atomic mass is 79.9. The van der Waals surface area contributed by atoms with Gasteiger partial charge in [0.2, 0.25) is 0 Å². The summed E-state index contributed by atoms with van der Waals surface area (Å²) in [7, 11) is -4.01. The molecule has 104 valence electrons. The summed E-state index contributed by atoms with van der Waals surface area (Å²) in [4.78, 5) is 20.4. The Labute approximate surface area is 122 Å². The minimum atomic E-state index is -4.01. The van der Waals surface area contributed by atoms with Gasteiger partial charge >= 0.3 is 0 Å². The zero-order valence-electron chi connectivity index (χ0n) is 9.76. The molecule has 1 aromatic carbocycles. The Morgan fingerprint density at radius 1 is 1.30 bits per heavy atom. The molecule has 1 heterocycles. The van der Waals surface area contributed by atoms with Crippen LogP contribution in [-0.2, 0) is 10.0 Å². The molecular weight excluding hydrogens is 352 g/mol. The van der Waals surface area contributed by atoms with Crippen LogP contribution in [0.2, 0.25) is 0 Å². The molecule has 0 radical (unpaired) electrons. The predicted octanol–water partition coefficient (Wildman–Crippen LogP) is 2.21. The number of nitro benzene ring substituents is 1. The van der Waals surface area contributed by atoms with Crippen molar-refractivity contribution >= 4 is 37.9 Å². The van der Waals surface area contributed by atoms with E-state index in [9.17, 15) is 23.3 Å². The molecule has 2 aromatic rings. The van der Waals surface area contributed by atoms with Gasteiger partial charge in [0.15, 0.2) is 6.29 Å². The second kappa shape index (κ2) is 5.17. The Hall–Kier alpha value is -2.00. The van der Waals surface area contributed by atoms with Crippen molar-refractivity contribution in [2.24, 2.45) is 0 Å². The van der Waals surface area contributed by atoms with Gasteiger partial charge in [0.1, 0.15) is 4.60 Å². The smallest absolute Gasteiger partial charge is 0.270 e. The molecule has 0 aliphatic heterocycles. The summed E-state index contributed by atoms with van der Waals surface area (Å²) < 4.78 is 25.7. The van der Waals surface area contributed by atoms with E-state index in [2.05, 4.69) is 15.9 Å². The number of aldehydes is 1. The van der Waals surface area contributed by atoms with Crippen LogP contribution in [-0.4, -0.2) is 23.6 Å². The number of rotatable bonds is 4. The number of nitro groups is 1. The molecule has 0 bridgehead atoms. The fourth-order valence-electron chi connectivity index (χ4n) is 1.56. The van der Waals surface area contributed by atoms with Crippen LogP contribution in [0.25, 0.3) is 0 Å². The average molecular weight is 359 g/mol. The molecule has 1 aromatic heterocycles. The van der Waals surface area contributed by atoms with E-state index in [1.165, 1.54) is 24.3 Å². The molecule has 0 spiro atoms. The van der Waals surface area contributed by atoms with Crippen molar-refractivity contribution < 1.29 is 18.1 Å². The van der Waals surface area contributed by atoms with E-state index < -0.39 is 14.9 Å². The number of carbonyl (C=O) groups is 1. The van der Waals surface area contributed by atoms with Gasteiger partial charge in [-0.2, -0.15) is 0 Å². The molecule has 0 aliphatic carbocycles. The van der Waals surface area contributed by atoms with Crippen LogP contribution >= 0.6 is 15.9 Å². The largest absolute Gasteiger partial charge is 0.298 e. The summed E-state index contributed by atoms with van der Waals surface area (Å²) in [6.45, 7) is 0. The Balaban J connectivity index is 2.60. The van der Waals surface area contributed by atoms with E-state index in [1.54, 1.807) is 0 Å². The first-order valence-corrected chi connectivity index (χ1v) is 7.42. The SMILES string of the molecule is O=Cc1cc(Br)n(S(=O)(=O)c2cccc([N+](=O)[O-])c2)c1. The Morgan fingerprint density at radius 2 is 2.00 bits per heavy atom. The summed E-state index contributed by atoms with van der Waals surface area (Å²) in [5.74, 6) is 0. The highest BCUT2D eigenvalue weighted by molar-refractivity contribution is 9.10. The number of carbonyl (C=O) groups excluding carboxylic acids is 1. The van der Waals surface area contributed by atoms with Crippen molar-refractivity contribution in [2.75, 3.05) is 0 Å². The summed E-state index contributed by atoms with van der Waals surface area (Å²) >= 11 is 3.03. The molecule has 0 aliphatic rings. The van der Waals surface area contributed by atoms with Crippen molar-refractivity contribution in [1.29, 1.82) is 0 Å². The first kappa shape index (κ1) is 14.4. The van der Waals surface area contributed by atoms with E-state index >= 15 is 0 Å². The minimum absolute atomic E-state index is 0.158. The Kier molecular flexibility index (Phi) is 3.73. The van der Waals surface area contributed by atoms with Crippen LogP contribution in [0.3, 0.4) is 0 Å². The highest BCUT2D eigenvalue weighted by Gasteiger charge is 2.22. The minimum Gasteiger partial charge on any atom is -0.298 e. The molecule has 0 unspecified atom stereocenters. The number of non-ortho nitro benzene ring substituents is 1. The maximum absolute atomic E-state index is 12.4. The zero-order valence-corrected chi connectivity index (χ0v) is 12.2. The second-order valence-corrected chi connectivity index (χ2v) is 6.40. The van der Waals surface area contributed by atoms with Gasteiger partial charge in [-0.15, -0.1) is 0 Å². The van der Waals surface area contributed by atoms with Crippen molar-refractivity contribution in [3.8, 4) is 0 Å². The zero-order chi connectivity index (χ0) is 14.9. The lowest BCUT2D eigenvalue weighted by molar-refractivity contribution is -0.385. The quantitative estimate of drug-likeness (QED) is 0.473. The highest BCUT2D eigenvalue weighted by Crippen LogP contribution is 2.24. The molecule has 0 saturated carbocycles. The van der Waals surface area contributed by atoms with Gasteiger partial charge in [0.25, 0.3) is 15.7 Å². The van der Waals surface area contributed by atoms with E-state index in [-0.39, 0.29) is 20.7 Å². The standard InChI is InChI=1S/C11H7BrN2O5S/c12-11-4-8(7-15)6-13(11)20(18,19)10-3-1-2-9(5-10)14(16)17/h1-7H. The third-order valence-corrected chi connectivity index (χ3v) is 5.00. The molecule has 9 heteroatoms. The second-order valence-electron chi connectivity index (χ2n) is 3.77. The van der Waals surface area contributed by atoms with Gasteiger partial charge in [-0.3, -0.25) is 14.9 Å². The Bertz CT molecular complexity index is 797. The third kappa shape index (κ3) is 2.49. The molecule has 0 saturated heterocycles. The molecule has 2 rings (SSSR count). The lowest BCUT2D eigenvalue weighted by atomic mass is 10.3. The lowest BCUT2D eigenvalue weighted by Crippen LogP contribution is -2.12. The maximum atomic E-state index is 12.4. The van der Waals surface area contributed by atoms with E-state index in [0.29, 0.717) is 6.29 Å². The number of nitrogens with zero attached hydrogens (tertiary/aromatic N) is 2. The predicted molar refractivity (Wildman–Crippen MR) is 73.2 cm³/mol. The number of hydrogen-bond donors (Lipinski definition) is 0. The summed E-state index contributed by atoms with van der Waals surface area (Å²) in [5.41, 5.74) is -0.157. The maximum Gasteiger partial charge on any atom is 0.270 e. The number of hydrogen-bond acceptors (Lipinski definition) is 5. The Morgan fingerprint density at radius 3 is 2.55 bits per heavy atom. The summed E-state index contributed by atoms with van der Waals surface area (Å²) in [6, 6.07) is 6.02. The van der Waals surface area contributed by atoms with E-state index in [0.717, 1.165) is 16.2 Å². The molecule has 0 N–H and O–H groups in total. The summed E-state index contributed by atoms with van der Waals surface area (Å²) in [6.07, 6.45) is 1.63. The average Bonchev–Trinajstić information content (AvgIpc) is 2.81. The van der Waals surface area contributed by atoms with Crippen molar-refractivity contribution in [1.82, 2.24) is 3.97 Å². The molecule has 0 amide bonds. The normalized spacial score (nSPS) is 11.2. The fraction of sp³-hybridized carbons (Fsp3) is 0. The van der Waals surface area contributed by atoms with Gasteiger partial charge < -0.3 is 0 Å². The van der Waals surface area contributed by atoms with Crippen molar-refractivity contribution in [3.05, 3.63) is 56.8 Å². The molecule has 0 atom stereocenters. The van der Waals surface area contributed by atoms with Crippen LogP contribution < -0.4 is 0 Å². The van der Waals surface area contributed by atoms with Gasteiger partial charge in [0, 0.05) is 23.9 Å². The first-order chi connectivity index (χ1) is 9.36. The van der Waals surface area contributed by atoms with Crippen LogP contribution in [0.1, 0.15) is 10.4 Å². The third-order valence-electron chi connectivity index (χ3n) is 2.48. The van der Waals surface area contributed by atoms with Gasteiger partial charge in [-0.25, -0.2) is 12.4 Å². The van der Waals surface area contributed by atoms with Gasteiger partial charge in [0.05, 0.1) is 9.82 Å². The number of aromatic nitrogens is 1. The van der Waals surface area contributed by atoms with Crippen molar-refractivity contribution in [3.63, 3.8) is 0 Å². The molecule has 0 fully saturated rings. The first-order valence-electron chi connectivity index (χ1n) is 5.19.